The van der Waals surface area contributed by atoms with Crippen molar-refractivity contribution in [2.75, 3.05) is 6.61 Å². The van der Waals surface area contributed by atoms with Gasteiger partial charge in [0, 0.05) is 24.1 Å². The van der Waals surface area contributed by atoms with Crippen molar-refractivity contribution in [3.8, 4) is 11.3 Å². The molecule has 0 bridgehead atoms. The molecular weight excluding hydrogens is 325 g/mol. The molecule has 0 saturated heterocycles. The molecule has 0 saturated carbocycles. The highest BCUT2D eigenvalue weighted by Gasteiger charge is 2.13. The number of hydrogen-bond donors (Lipinski definition) is 1. The van der Waals surface area contributed by atoms with Gasteiger partial charge in [-0.3, -0.25) is 4.98 Å². The van der Waals surface area contributed by atoms with Crippen molar-refractivity contribution in [3.05, 3.63) is 95.4 Å². The van der Waals surface area contributed by atoms with Crippen LogP contribution in [-0.4, -0.2) is 16.7 Å². The average molecular weight is 347 g/mol. The number of allylic oxidation sites excluding steroid dienone is 1. The van der Waals surface area contributed by atoms with Gasteiger partial charge in [-0.2, -0.15) is 0 Å². The van der Waals surface area contributed by atoms with Crippen molar-refractivity contribution >= 4 is 6.08 Å². The topological polar surface area (TPSA) is 33.1 Å². The SMILES string of the molecule is Cc1ccc(C(CO)C/C(F)=C/c2ccc(-c3ccccn3)cc2)cc1. The van der Waals surface area contributed by atoms with E-state index in [0.29, 0.717) is 0 Å². The Hall–Kier alpha value is -2.78. The van der Waals surface area contributed by atoms with E-state index in [-0.39, 0.29) is 24.8 Å². The van der Waals surface area contributed by atoms with Crippen LogP contribution in [0.25, 0.3) is 17.3 Å². The van der Waals surface area contributed by atoms with E-state index >= 15 is 0 Å². The van der Waals surface area contributed by atoms with Gasteiger partial charge in [0.15, 0.2) is 0 Å². The first-order chi connectivity index (χ1) is 12.7. The van der Waals surface area contributed by atoms with Crippen LogP contribution >= 0.6 is 0 Å². The fourth-order valence-electron chi connectivity index (χ4n) is 2.89. The minimum atomic E-state index is -0.241. The highest BCUT2D eigenvalue weighted by molar-refractivity contribution is 5.62. The number of aryl methyl sites for hydroxylation is 1. The third-order valence-corrected chi connectivity index (χ3v) is 4.41. The van der Waals surface area contributed by atoms with Crippen LogP contribution < -0.4 is 0 Å². The molecule has 2 aromatic carbocycles. The molecule has 26 heavy (non-hydrogen) atoms. The number of nitrogens with zero attached hydrogens (tertiary/aromatic N) is 1. The number of aliphatic hydroxyl groups is 1. The molecule has 2 nitrogen and oxygen atoms in total. The van der Waals surface area contributed by atoms with Gasteiger partial charge in [-0.1, -0.05) is 60.2 Å². The summed E-state index contributed by atoms with van der Waals surface area (Å²) in [6.45, 7) is 1.93. The van der Waals surface area contributed by atoms with Crippen molar-refractivity contribution in [3.63, 3.8) is 0 Å². The number of rotatable bonds is 6. The normalized spacial score (nSPS) is 12.8. The predicted molar refractivity (Wildman–Crippen MR) is 104 cm³/mol. The summed E-state index contributed by atoms with van der Waals surface area (Å²) in [4.78, 5) is 4.31. The molecule has 3 heteroatoms. The van der Waals surface area contributed by atoms with Gasteiger partial charge in [0.05, 0.1) is 12.3 Å². The molecule has 0 amide bonds. The molecule has 1 N–H and O–H groups in total. The van der Waals surface area contributed by atoms with E-state index in [1.807, 2.05) is 73.7 Å². The van der Waals surface area contributed by atoms with E-state index in [9.17, 15) is 9.50 Å². The molecular formula is C23H22FNO. The Kier molecular flexibility index (Phi) is 5.92. The van der Waals surface area contributed by atoms with Crippen LogP contribution in [0.1, 0.15) is 29.0 Å². The standard InChI is InChI=1S/C23H22FNO/c1-17-5-9-19(10-6-17)21(16-26)15-22(24)14-18-7-11-20(12-8-18)23-4-2-3-13-25-23/h2-14,21,26H,15-16H2,1H3/b22-14-. The lowest BCUT2D eigenvalue weighted by Crippen LogP contribution is -2.04. The van der Waals surface area contributed by atoms with Gasteiger partial charge in [0.2, 0.25) is 0 Å². The fraction of sp³-hybridized carbons (Fsp3) is 0.174. The summed E-state index contributed by atoms with van der Waals surface area (Å²) in [5, 5.41) is 9.63. The van der Waals surface area contributed by atoms with E-state index in [1.165, 1.54) is 6.08 Å². The van der Waals surface area contributed by atoms with Crippen molar-refractivity contribution in [1.29, 1.82) is 0 Å². The highest BCUT2D eigenvalue weighted by Crippen LogP contribution is 2.26. The largest absolute Gasteiger partial charge is 0.396 e. The van der Waals surface area contributed by atoms with E-state index in [2.05, 4.69) is 4.98 Å². The highest BCUT2D eigenvalue weighted by atomic mass is 19.1. The molecule has 0 fully saturated rings. The van der Waals surface area contributed by atoms with Crippen molar-refractivity contribution < 1.29 is 9.50 Å². The summed E-state index contributed by atoms with van der Waals surface area (Å²) in [6.07, 6.45) is 3.46. The van der Waals surface area contributed by atoms with Crippen LogP contribution in [0, 0.1) is 6.92 Å². The van der Waals surface area contributed by atoms with Crippen LogP contribution in [0.5, 0.6) is 0 Å². The fourth-order valence-corrected chi connectivity index (χ4v) is 2.89. The van der Waals surface area contributed by atoms with Crippen LogP contribution in [0.15, 0.2) is 78.8 Å². The molecule has 132 valence electrons. The zero-order valence-corrected chi connectivity index (χ0v) is 14.8. The Balaban J connectivity index is 1.71. The Morgan fingerprint density at radius 3 is 2.38 bits per heavy atom. The van der Waals surface area contributed by atoms with Crippen molar-refractivity contribution in [2.24, 2.45) is 0 Å². The Bertz CT molecular complexity index is 855. The maximum Gasteiger partial charge on any atom is 0.101 e. The monoisotopic (exact) mass is 347 g/mol. The van der Waals surface area contributed by atoms with Gasteiger partial charge in [-0.05, 0) is 36.3 Å². The molecule has 0 aliphatic carbocycles. The van der Waals surface area contributed by atoms with Crippen LogP contribution in [0.3, 0.4) is 0 Å². The van der Waals surface area contributed by atoms with Crippen LogP contribution in [0.4, 0.5) is 4.39 Å². The Morgan fingerprint density at radius 2 is 1.77 bits per heavy atom. The number of aliphatic hydroxyl groups excluding tert-OH is 1. The lowest BCUT2D eigenvalue weighted by molar-refractivity contribution is 0.260. The van der Waals surface area contributed by atoms with E-state index in [0.717, 1.165) is 27.9 Å². The molecule has 0 aliphatic rings. The maximum atomic E-state index is 14.5. The summed E-state index contributed by atoms with van der Waals surface area (Å²) in [7, 11) is 0. The molecule has 3 rings (SSSR count). The summed E-state index contributed by atoms with van der Waals surface area (Å²) >= 11 is 0. The third-order valence-electron chi connectivity index (χ3n) is 4.41. The van der Waals surface area contributed by atoms with Gasteiger partial charge in [0.1, 0.15) is 5.83 Å². The van der Waals surface area contributed by atoms with Crippen molar-refractivity contribution in [2.45, 2.75) is 19.3 Å². The summed E-state index contributed by atoms with van der Waals surface area (Å²) in [5.74, 6) is -0.477. The van der Waals surface area contributed by atoms with Gasteiger partial charge < -0.3 is 5.11 Å². The molecule has 1 atom stereocenters. The predicted octanol–water partition coefficient (Wildman–Crippen LogP) is 5.53. The molecule has 1 unspecified atom stereocenters. The number of halogens is 1. The quantitative estimate of drug-likeness (QED) is 0.635. The zero-order chi connectivity index (χ0) is 18.4. The molecule has 1 heterocycles. The van der Waals surface area contributed by atoms with Crippen LogP contribution in [0.2, 0.25) is 0 Å². The minimum absolute atomic E-state index is 0.0804. The molecule has 3 aromatic rings. The van der Waals surface area contributed by atoms with Gasteiger partial charge in [-0.15, -0.1) is 0 Å². The van der Waals surface area contributed by atoms with Crippen molar-refractivity contribution in [1.82, 2.24) is 4.98 Å². The number of aromatic nitrogens is 1. The second-order valence-corrected chi connectivity index (χ2v) is 6.42. The first kappa shape index (κ1) is 18.0. The van der Waals surface area contributed by atoms with Gasteiger partial charge >= 0.3 is 0 Å². The molecule has 0 aliphatic heterocycles. The zero-order valence-electron chi connectivity index (χ0n) is 14.8. The molecule has 0 radical (unpaired) electrons. The van der Waals surface area contributed by atoms with Gasteiger partial charge in [0.25, 0.3) is 0 Å². The summed E-state index contributed by atoms with van der Waals surface area (Å²) in [5.41, 5.74) is 4.78. The van der Waals surface area contributed by atoms with E-state index in [4.69, 9.17) is 0 Å². The van der Waals surface area contributed by atoms with Gasteiger partial charge in [-0.25, -0.2) is 4.39 Å². The van der Waals surface area contributed by atoms with E-state index < -0.39 is 0 Å². The van der Waals surface area contributed by atoms with E-state index in [1.54, 1.807) is 6.20 Å². The lowest BCUT2D eigenvalue weighted by Gasteiger charge is -2.14. The number of benzene rings is 2. The lowest BCUT2D eigenvalue weighted by atomic mass is 9.94. The smallest absolute Gasteiger partial charge is 0.101 e. The minimum Gasteiger partial charge on any atom is -0.396 e. The Morgan fingerprint density at radius 1 is 1.04 bits per heavy atom. The molecule has 1 aromatic heterocycles. The second kappa shape index (κ2) is 8.54. The Labute approximate surface area is 153 Å². The molecule has 0 spiro atoms. The maximum absolute atomic E-state index is 14.5. The summed E-state index contributed by atoms with van der Waals surface area (Å²) in [6, 6.07) is 21.3. The third kappa shape index (κ3) is 4.64. The van der Waals surface area contributed by atoms with Crippen LogP contribution in [-0.2, 0) is 0 Å². The number of pyridine rings is 1. The summed E-state index contributed by atoms with van der Waals surface area (Å²) < 4.78 is 14.5. The first-order valence-corrected chi connectivity index (χ1v) is 8.70. The average Bonchev–Trinajstić information content (AvgIpc) is 2.68. The first-order valence-electron chi connectivity index (χ1n) is 8.70. The number of hydrogen-bond acceptors (Lipinski definition) is 2. The second-order valence-electron chi connectivity index (χ2n) is 6.42.